The molecule has 0 bridgehead atoms. The van der Waals surface area contributed by atoms with Gasteiger partial charge in [-0.2, -0.15) is 7.11 Å². The van der Waals surface area contributed by atoms with Crippen molar-refractivity contribution in [3.63, 3.8) is 0 Å². The van der Waals surface area contributed by atoms with Crippen molar-refractivity contribution in [2.45, 2.75) is 13.5 Å². The van der Waals surface area contributed by atoms with Gasteiger partial charge in [-0.1, -0.05) is 17.0 Å². The number of aromatic nitrogens is 1. The van der Waals surface area contributed by atoms with E-state index in [4.69, 9.17) is 4.42 Å². The van der Waals surface area contributed by atoms with Crippen LogP contribution in [0.1, 0.15) is 11.3 Å². The molecule has 10 heteroatoms. The molecule has 1 aromatic carbocycles. The predicted molar refractivity (Wildman–Crippen MR) is 101 cm³/mol. The Balaban J connectivity index is 0. The first-order valence-electron chi connectivity index (χ1n) is 9.13. The number of hydrogen-bond donors (Lipinski definition) is 2. The van der Waals surface area contributed by atoms with E-state index in [1.54, 1.807) is 0 Å². The standard InChI is InChI=1S/C11H15N2O3.C10H8N.3ClH.Y/c1-15-11-8-16-9(6-10(11)14)7-13-4-2-12-3-5-13;1-8-4-5-9-3-2-6-11-10(9)7-8;;;;/h6,8,12H,1-5,7H2;2,4-7H,1H3;3*1H;/q2*-1;;;;. The van der Waals surface area contributed by atoms with Crippen LogP contribution in [0, 0.1) is 20.1 Å². The molecule has 3 heterocycles. The number of aryl methyl sites for hydroxylation is 1. The van der Waals surface area contributed by atoms with Gasteiger partial charge in [-0.15, -0.1) is 18.2 Å². The average Bonchev–Trinajstić information content (AvgIpc) is 2.69. The molecule has 169 valence electrons. The maximum Gasteiger partial charge on any atom is 0.224 e. The van der Waals surface area contributed by atoms with Gasteiger partial charge in [0.05, 0.1) is 6.20 Å². The van der Waals surface area contributed by atoms with E-state index >= 15 is 0 Å². The summed E-state index contributed by atoms with van der Waals surface area (Å²) in [7, 11) is 3.19. The Morgan fingerprint density at radius 3 is 2.58 bits per heavy atom. The molecule has 4 rings (SSSR count). The summed E-state index contributed by atoms with van der Waals surface area (Å²) in [5.74, 6) is 0.869. The van der Waals surface area contributed by atoms with Crippen molar-refractivity contribution in [1.29, 1.82) is 0 Å². The fourth-order valence-electron chi connectivity index (χ4n) is 3.11. The summed E-state index contributed by atoms with van der Waals surface area (Å²) >= 11 is 0. The van der Waals surface area contributed by atoms with Crippen molar-refractivity contribution in [1.82, 2.24) is 0 Å². The van der Waals surface area contributed by atoms with Crippen LogP contribution >= 0.6 is 0 Å². The molecule has 0 atom stereocenters. The van der Waals surface area contributed by atoms with Crippen molar-refractivity contribution >= 4 is 10.9 Å². The zero-order valence-electron chi connectivity index (χ0n) is 17.3. The third-order valence-electron chi connectivity index (χ3n) is 4.57. The number of halogens is 3. The van der Waals surface area contributed by atoms with Crippen LogP contribution in [0.15, 0.2) is 52.0 Å². The number of aromatic amines is 1. The summed E-state index contributed by atoms with van der Waals surface area (Å²) in [5.41, 5.74) is 2.25. The van der Waals surface area contributed by atoms with E-state index in [1.807, 2.05) is 12.3 Å². The smallest absolute Gasteiger partial charge is 0.224 e. The number of quaternary nitrogens is 2. The van der Waals surface area contributed by atoms with Crippen molar-refractivity contribution in [2.75, 3.05) is 26.2 Å². The molecule has 4 N–H and O–H groups in total. The molecule has 0 unspecified atom stereocenters. The van der Waals surface area contributed by atoms with Gasteiger partial charge >= 0.3 is 0 Å². The van der Waals surface area contributed by atoms with Gasteiger partial charge < -0.3 is 56.6 Å². The molecule has 1 radical (unpaired) electrons. The number of ether oxygens (including phenoxy) is 1. The van der Waals surface area contributed by atoms with Crippen molar-refractivity contribution in [3.05, 3.63) is 77.5 Å². The van der Waals surface area contributed by atoms with Crippen molar-refractivity contribution in [3.8, 4) is 5.75 Å². The Labute approximate surface area is 226 Å². The molecule has 6 nitrogen and oxygen atoms in total. The molecule has 0 aliphatic carbocycles. The molecule has 1 aliphatic heterocycles. The number of nitrogens with two attached hydrogens (primary N) is 1. The Hall–Kier alpha value is -0.726. The van der Waals surface area contributed by atoms with E-state index in [0.29, 0.717) is 5.76 Å². The summed E-state index contributed by atoms with van der Waals surface area (Å²) in [4.78, 5) is 16.1. The number of pyridine rings is 1. The molecule has 0 saturated carbocycles. The van der Waals surface area contributed by atoms with Gasteiger partial charge in [0.15, 0.2) is 11.5 Å². The second kappa shape index (κ2) is 16.8. The van der Waals surface area contributed by atoms with Gasteiger partial charge in [-0.3, -0.25) is 9.78 Å². The summed E-state index contributed by atoms with van der Waals surface area (Å²) in [6, 6.07) is 12.8. The van der Waals surface area contributed by atoms with E-state index in [-0.39, 0.29) is 81.1 Å². The van der Waals surface area contributed by atoms with Crippen LogP contribution in [0.2, 0.25) is 0 Å². The summed E-state index contributed by atoms with van der Waals surface area (Å²) in [6.45, 7) is 7.34. The third kappa shape index (κ3) is 10.2. The third-order valence-corrected chi connectivity index (χ3v) is 4.57. The van der Waals surface area contributed by atoms with Gasteiger partial charge in [0.1, 0.15) is 44.5 Å². The van der Waals surface area contributed by atoms with E-state index in [0.717, 1.165) is 43.6 Å². The number of benzene rings is 1. The van der Waals surface area contributed by atoms with Crippen LogP contribution in [0.3, 0.4) is 0 Å². The maximum absolute atomic E-state index is 11.5. The van der Waals surface area contributed by atoms with Gasteiger partial charge in [-0.25, -0.2) is 0 Å². The summed E-state index contributed by atoms with van der Waals surface area (Å²) < 4.78 is 9.96. The monoisotopic (exact) mass is 562 g/mol. The van der Waals surface area contributed by atoms with Crippen LogP contribution < -0.4 is 62.6 Å². The number of piperazine rings is 1. The van der Waals surface area contributed by atoms with Crippen LogP contribution in [-0.2, 0) is 39.3 Å². The van der Waals surface area contributed by atoms with Crippen LogP contribution in [0.4, 0.5) is 0 Å². The van der Waals surface area contributed by atoms with Gasteiger partial charge in [0.25, 0.3) is 0 Å². The van der Waals surface area contributed by atoms with Crippen LogP contribution in [-0.4, -0.2) is 26.2 Å². The first-order valence-corrected chi connectivity index (χ1v) is 9.13. The van der Waals surface area contributed by atoms with Gasteiger partial charge in [0.2, 0.25) is 5.43 Å². The van der Waals surface area contributed by atoms with E-state index in [9.17, 15) is 4.79 Å². The zero-order valence-corrected chi connectivity index (χ0v) is 22.4. The van der Waals surface area contributed by atoms with Gasteiger partial charge in [-0.05, 0) is 13.0 Å². The van der Waals surface area contributed by atoms with Crippen molar-refractivity contribution in [2.24, 2.45) is 0 Å². The van der Waals surface area contributed by atoms with Crippen LogP contribution in [0.5, 0.6) is 5.75 Å². The number of H-pyrrole nitrogens is 1. The molecule has 1 aliphatic rings. The number of fused-ring (bicyclic) bond motifs is 1. The van der Waals surface area contributed by atoms with E-state index < -0.39 is 0 Å². The van der Waals surface area contributed by atoms with E-state index in [1.165, 1.54) is 22.8 Å². The van der Waals surface area contributed by atoms with Crippen LogP contribution in [0.25, 0.3) is 10.9 Å². The second-order valence-electron chi connectivity index (χ2n) is 6.68. The largest absolute Gasteiger partial charge is 1.00 e. The number of nitrogens with one attached hydrogen (secondary N) is 2. The topological polar surface area (TPSA) is 74.6 Å². The fourth-order valence-corrected chi connectivity index (χ4v) is 3.11. The number of hydrogen-bond acceptors (Lipinski definition) is 3. The quantitative estimate of drug-likeness (QED) is 0.311. The SMILES string of the molecule is Cc1ccc2[c-]cc[nH+]c2c1.[CH2-]Oc1coc(C[NH+]2CC[NH2+]CC2)cc1=O.[Cl-].[Cl-].[Cl-].[Y]. The number of rotatable bonds is 3. The molecular formula is C21H26Cl3N3O3Y-2. The molecular weight excluding hydrogens is 538 g/mol. The molecule has 1 fully saturated rings. The minimum Gasteiger partial charge on any atom is -1.00 e. The predicted octanol–water partition coefficient (Wildman–Crippen LogP) is -9.46. The summed E-state index contributed by atoms with van der Waals surface area (Å²) in [6.07, 6.45) is 3.22. The average molecular weight is 564 g/mol. The minimum absolute atomic E-state index is 0. The Bertz CT molecular complexity index is 954. The molecule has 3 aromatic rings. The normalized spacial score (nSPS) is 12.6. The Morgan fingerprint density at radius 2 is 1.94 bits per heavy atom. The first kappa shape index (κ1) is 32.5. The van der Waals surface area contributed by atoms with Crippen molar-refractivity contribution < 1.29 is 94.3 Å². The molecule has 0 amide bonds. The second-order valence-corrected chi connectivity index (χ2v) is 6.68. The zero-order chi connectivity index (χ0) is 19.1. The van der Waals surface area contributed by atoms with Gasteiger partial charge in [0, 0.05) is 38.8 Å². The minimum atomic E-state index is -0.167. The fraction of sp³-hybridized carbons (Fsp3) is 0.286. The molecule has 31 heavy (non-hydrogen) atoms. The first-order chi connectivity index (χ1) is 13.2. The molecule has 0 spiro atoms. The maximum atomic E-state index is 11.5. The molecule has 1 saturated heterocycles. The molecule has 2 aromatic heterocycles. The Kier molecular flexibility index (Phi) is 17.6. The summed E-state index contributed by atoms with van der Waals surface area (Å²) in [5, 5.41) is 3.44. The van der Waals surface area contributed by atoms with E-state index in [2.05, 4.69) is 53.3 Å². The Morgan fingerprint density at radius 1 is 1.23 bits per heavy atom.